The highest BCUT2D eigenvalue weighted by Crippen LogP contribution is 2.36. The van der Waals surface area contributed by atoms with Crippen molar-refractivity contribution in [2.75, 3.05) is 14.2 Å². The number of methoxy groups -OCH3 is 1. The summed E-state index contributed by atoms with van der Waals surface area (Å²) in [7, 11) is 5.61. The lowest BCUT2D eigenvalue weighted by Crippen LogP contribution is -2.34. The lowest BCUT2D eigenvalue weighted by molar-refractivity contribution is 0.0720. The van der Waals surface area contributed by atoms with Crippen LogP contribution in [-0.2, 0) is 20.0 Å². The number of likely N-dealkylation sites (N-methyl/N-ethyl adjacent to an activating group) is 1. The van der Waals surface area contributed by atoms with E-state index in [1.165, 1.54) is 5.56 Å². The smallest absolute Gasteiger partial charge is 0.119 e. The maximum Gasteiger partial charge on any atom is 0.119 e. The Labute approximate surface area is 124 Å². The molecule has 2 unspecified atom stereocenters. The molecule has 0 bridgehead atoms. The average molecular weight is 287 g/mol. The van der Waals surface area contributed by atoms with E-state index in [0.29, 0.717) is 0 Å². The van der Waals surface area contributed by atoms with Gasteiger partial charge in [0.15, 0.2) is 0 Å². The molecule has 1 aromatic heterocycles. The monoisotopic (exact) mass is 287 g/mol. The molecule has 0 aliphatic heterocycles. The molecule has 2 atom stereocenters. The lowest BCUT2D eigenvalue weighted by Gasteiger charge is -2.26. The fourth-order valence-corrected chi connectivity index (χ4v) is 3.06. The second-order valence-electron chi connectivity index (χ2n) is 5.72. The number of hydrogen-bond acceptors (Lipinski definition) is 4. The van der Waals surface area contributed by atoms with Gasteiger partial charge in [-0.2, -0.15) is 5.10 Å². The highest BCUT2D eigenvalue weighted by atomic mass is 16.5. The molecule has 0 amide bonds. The van der Waals surface area contributed by atoms with Crippen molar-refractivity contribution in [3.63, 3.8) is 0 Å². The molecule has 0 radical (unpaired) electrons. The molecule has 1 aliphatic rings. The second kappa shape index (κ2) is 5.50. The van der Waals surface area contributed by atoms with Gasteiger partial charge in [-0.25, -0.2) is 0 Å². The van der Waals surface area contributed by atoms with E-state index >= 15 is 0 Å². The van der Waals surface area contributed by atoms with Crippen molar-refractivity contribution in [2.24, 2.45) is 7.05 Å². The first kappa shape index (κ1) is 14.1. The fourth-order valence-electron chi connectivity index (χ4n) is 3.06. The van der Waals surface area contributed by atoms with E-state index < -0.39 is 6.10 Å². The predicted molar refractivity (Wildman–Crippen MR) is 80.1 cm³/mol. The number of aliphatic hydroxyl groups is 1. The van der Waals surface area contributed by atoms with Crippen LogP contribution < -0.4 is 4.74 Å². The summed E-state index contributed by atoms with van der Waals surface area (Å²) in [6, 6.07) is 6.04. The first-order chi connectivity index (χ1) is 10.1. The maximum atomic E-state index is 10.6. The SMILES string of the molecule is COc1ccc2c(c1)C(O)C(N(C)Cc1cnn(C)c1)C2. The zero-order valence-corrected chi connectivity index (χ0v) is 12.7. The number of benzene rings is 1. The van der Waals surface area contributed by atoms with Crippen molar-refractivity contribution in [3.8, 4) is 5.75 Å². The van der Waals surface area contributed by atoms with Crippen molar-refractivity contribution in [1.29, 1.82) is 0 Å². The van der Waals surface area contributed by atoms with Gasteiger partial charge in [0.2, 0.25) is 0 Å². The van der Waals surface area contributed by atoms with Gasteiger partial charge in [-0.15, -0.1) is 0 Å². The Hall–Kier alpha value is -1.85. The topological polar surface area (TPSA) is 50.5 Å². The molecule has 21 heavy (non-hydrogen) atoms. The van der Waals surface area contributed by atoms with Crippen molar-refractivity contribution >= 4 is 0 Å². The third-order valence-corrected chi connectivity index (χ3v) is 4.22. The maximum absolute atomic E-state index is 10.6. The summed E-state index contributed by atoms with van der Waals surface area (Å²) in [5.74, 6) is 0.795. The standard InChI is InChI=1S/C16H21N3O2/c1-18(9-11-8-17-19(2)10-11)15-6-12-4-5-13(21-3)7-14(12)16(15)20/h4-5,7-8,10,15-16,20H,6,9H2,1-3H3. The van der Waals surface area contributed by atoms with Crippen LogP contribution in [0.3, 0.4) is 0 Å². The Morgan fingerprint density at radius 1 is 1.48 bits per heavy atom. The van der Waals surface area contributed by atoms with Crippen LogP contribution in [0.4, 0.5) is 0 Å². The van der Waals surface area contributed by atoms with E-state index in [0.717, 1.165) is 29.8 Å². The molecular weight excluding hydrogens is 266 g/mol. The van der Waals surface area contributed by atoms with Crippen molar-refractivity contribution in [2.45, 2.75) is 25.1 Å². The van der Waals surface area contributed by atoms with Crippen LogP contribution in [0, 0.1) is 0 Å². The molecule has 1 N–H and O–H groups in total. The van der Waals surface area contributed by atoms with E-state index in [1.54, 1.807) is 11.8 Å². The number of aryl methyl sites for hydroxylation is 1. The number of fused-ring (bicyclic) bond motifs is 1. The highest BCUT2D eigenvalue weighted by molar-refractivity contribution is 5.41. The molecule has 1 heterocycles. The molecule has 5 heteroatoms. The molecular formula is C16H21N3O2. The van der Waals surface area contributed by atoms with Crippen LogP contribution >= 0.6 is 0 Å². The number of hydrogen-bond donors (Lipinski definition) is 1. The van der Waals surface area contributed by atoms with Crippen LogP contribution in [0.1, 0.15) is 22.8 Å². The van der Waals surface area contributed by atoms with E-state index in [9.17, 15) is 5.11 Å². The van der Waals surface area contributed by atoms with E-state index in [4.69, 9.17) is 4.74 Å². The minimum absolute atomic E-state index is 0.0901. The van der Waals surface area contributed by atoms with Crippen LogP contribution in [0.15, 0.2) is 30.6 Å². The van der Waals surface area contributed by atoms with Crippen LogP contribution in [-0.4, -0.2) is 40.0 Å². The van der Waals surface area contributed by atoms with Crippen LogP contribution in [0.5, 0.6) is 5.75 Å². The third-order valence-electron chi connectivity index (χ3n) is 4.22. The van der Waals surface area contributed by atoms with Gasteiger partial charge in [-0.05, 0) is 36.7 Å². The largest absolute Gasteiger partial charge is 0.497 e. The van der Waals surface area contributed by atoms with Gasteiger partial charge in [0, 0.05) is 31.4 Å². The summed E-state index contributed by atoms with van der Waals surface area (Å²) in [6.45, 7) is 0.778. The molecule has 0 saturated carbocycles. The Balaban J connectivity index is 1.75. The van der Waals surface area contributed by atoms with Gasteiger partial charge >= 0.3 is 0 Å². The molecule has 0 spiro atoms. The van der Waals surface area contributed by atoms with Crippen molar-refractivity contribution in [3.05, 3.63) is 47.3 Å². The van der Waals surface area contributed by atoms with Gasteiger partial charge in [-0.1, -0.05) is 6.07 Å². The number of aromatic nitrogens is 2. The summed E-state index contributed by atoms with van der Waals surface area (Å²) in [5, 5.41) is 14.8. The number of aliphatic hydroxyl groups excluding tert-OH is 1. The summed E-state index contributed by atoms with van der Waals surface area (Å²) >= 11 is 0. The van der Waals surface area contributed by atoms with Gasteiger partial charge in [0.05, 0.1) is 19.4 Å². The number of rotatable bonds is 4. The minimum Gasteiger partial charge on any atom is -0.497 e. The predicted octanol–water partition coefficient (Wildman–Crippen LogP) is 1.52. The first-order valence-corrected chi connectivity index (χ1v) is 7.11. The van der Waals surface area contributed by atoms with E-state index in [1.807, 2.05) is 38.6 Å². The molecule has 5 nitrogen and oxygen atoms in total. The normalized spacial score (nSPS) is 20.8. The lowest BCUT2D eigenvalue weighted by atomic mass is 10.1. The molecule has 1 aromatic carbocycles. The fraction of sp³-hybridized carbons (Fsp3) is 0.438. The zero-order chi connectivity index (χ0) is 15.0. The molecule has 1 aliphatic carbocycles. The van der Waals surface area contributed by atoms with Crippen molar-refractivity contribution in [1.82, 2.24) is 14.7 Å². The van der Waals surface area contributed by atoms with E-state index in [-0.39, 0.29) is 6.04 Å². The van der Waals surface area contributed by atoms with E-state index in [2.05, 4.69) is 16.1 Å². The summed E-state index contributed by atoms with van der Waals surface area (Å²) in [5.41, 5.74) is 3.34. The third kappa shape index (κ3) is 2.66. The molecule has 0 fully saturated rings. The van der Waals surface area contributed by atoms with Gasteiger partial charge < -0.3 is 9.84 Å². The van der Waals surface area contributed by atoms with Crippen LogP contribution in [0.2, 0.25) is 0 Å². The Morgan fingerprint density at radius 3 is 2.95 bits per heavy atom. The Morgan fingerprint density at radius 2 is 2.29 bits per heavy atom. The Kier molecular flexibility index (Phi) is 3.69. The number of nitrogens with zero attached hydrogens (tertiary/aromatic N) is 3. The number of ether oxygens (including phenoxy) is 1. The quantitative estimate of drug-likeness (QED) is 0.926. The van der Waals surface area contributed by atoms with Gasteiger partial charge in [-0.3, -0.25) is 9.58 Å². The zero-order valence-electron chi connectivity index (χ0n) is 12.7. The van der Waals surface area contributed by atoms with Gasteiger partial charge in [0.25, 0.3) is 0 Å². The summed E-state index contributed by atoms with van der Waals surface area (Å²) in [6.07, 6.45) is 4.26. The molecule has 2 aromatic rings. The molecule has 112 valence electrons. The van der Waals surface area contributed by atoms with Crippen molar-refractivity contribution < 1.29 is 9.84 Å². The second-order valence-corrected chi connectivity index (χ2v) is 5.72. The highest BCUT2D eigenvalue weighted by Gasteiger charge is 2.34. The minimum atomic E-state index is -0.475. The van der Waals surface area contributed by atoms with Crippen LogP contribution in [0.25, 0.3) is 0 Å². The molecule has 0 saturated heterocycles. The van der Waals surface area contributed by atoms with Gasteiger partial charge in [0.1, 0.15) is 5.75 Å². The summed E-state index contributed by atoms with van der Waals surface area (Å²) < 4.78 is 7.05. The first-order valence-electron chi connectivity index (χ1n) is 7.11. The Bertz CT molecular complexity index is 638. The summed E-state index contributed by atoms with van der Waals surface area (Å²) in [4.78, 5) is 2.19. The average Bonchev–Trinajstić information content (AvgIpc) is 3.02. The molecule has 3 rings (SSSR count).